The molecule has 4 atom stereocenters. The highest BCUT2D eigenvalue weighted by Gasteiger charge is 2.49. The van der Waals surface area contributed by atoms with Crippen LogP contribution in [0.3, 0.4) is 0 Å². The third-order valence-electron chi connectivity index (χ3n) is 5.68. The van der Waals surface area contributed by atoms with E-state index in [2.05, 4.69) is 18.2 Å². The van der Waals surface area contributed by atoms with Gasteiger partial charge >= 0.3 is 0 Å². The van der Waals surface area contributed by atoms with Gasteiger partial charge in [0.15, 0.2) is 0 Å². The van der Waals surface area contributed by atoms with Gasteiger partial charge in [0.05, 0.1) is 5.92 Å². The van der Waals surface area contributed by atoms with Crippen LogP contribution in [-0.4, -0.2) is 29.9 Å². The molecule has 4 heteroatoms. The molecule has 1 amide bonds. The second-order valence-corrected chi connectivity index (χ2v) is 6.95. The van der Waals surface area contributed by atoms with Gasteiger partial charge in [0, 0.05) is 25.0 Å². The van der Waals surface area contributed by atoms with Crippen LogP contribution < -0.4 is 5.11 Å². The van der Waals surface area contributed by atoms with E-state index in [-0.39, 0.29) is 17.7 Å². The van der Waals surface area contributed by atoms with E-state index in [0.717, 1.165) is 12.8 Å². The molecule has 2 aliphatic carbocycles. The van der Waals surface area contributed by atoms with E-state index in [1.165, 1.54) is 11.1 Å². The van der Waals surface area contributed by atoms with E-state index in [0.29, 0.717) is 13.1 Å². The molecule has 4 nitrogen and oxygen atoms in total. The van der Waals surface area contributed by atoms with Gasteiger partial charge in [-0.05, 0) is 35.8 Å². The number of carboxylic acid groups (broad SMARTS) is 1. The molecular formula is C20H20NO3-. The Morgan fingerprint density at radius 1 is 1.04 bits per heavy atom. The average molecular weight is 322 g/mol. The molecule has 0 saturated heterocycles. The van der Waals surface area contributed by atoms with Crippen LogP contribution in [0.1, 0.15) is 18.4 Å². The lowest BCUT2D eigenvalue weighted by Crippen LogP contribution is -2.47. The van der Waals surface area contributed by atoms with Crippen molar-refractivity contribution in [2.45, 2.75) is 12.8 Å². The molecule has 1 aliphatic heterocycles. The molecule has 124 valence electrons. The highest BCUT2D eigenvalue weighted by atomic mass is 16.4. The Labute approximate surface area is 141 Å². The number of benzene rings is 1. The van der Waals surface area contributed by atoms with Gasteiger partial charge in [-0.2, -0.15) is 0 Å². The number of carboxylic acids is 1. The maximum Gasteiger partial charge on any atom is 0.227 e. The molecule has 1 saturated carbocycles. The third-order valence-corrected chi connectivity index (χ3v) is 5.68. The fourth-order valence-corrected chi connectivity index (χ4v) is 4.47. The van der Waals surface area contributed by atoms with Crippen LogP contribution in [0.2, 0.25) is 0 Å². The van der Waals surface area contributed by atoms with Crippen LogP contribution in [0.4, 0.5) is 0 Å². The topological polar surface area (TPSA) is 60.4 Å². The zero-order valence-electron chi connectivity index (χ0n) is 13.4. The first-order valence-electron chi connectivity index (χ1n) is 8.57. The number of carbonyl (C=O) groups excluding carboxylic acids is 2. The van der Waals surface area contributed by atoms with E-state index < -0.39 is 17.8 Å². The van der Waals surface area contributed by atoms with Crippen molar-refractivity contribution in [3.63, 3.8) is 0 Å². The van der Waals surface area contributed by atoms with Crippen molar-refractivity contribution in [2.24, 2.45) is 23.7 Å². The molecule has 1 aromatic carbocycles. The number of aliphatic carboxylic acids is 1. The van der Waals surface area contributed by atoms with E-state index in [4.69, 9.17) is 0 Å². The Bertz CT molecular complexity index is 722. The van der Waals surface area contributed by atoms with E-state index in [1.54, 1.807) is 0 Å². The number of amides is 1. The summed E-state index contributed by atoms with van der Waals surface area (Å²) in [5.74, 6) is -2.19. The number of hydrogen-bond donors (Lipinski definition) is 0. The highest BCUT2D eigenvalue weighted by Crippen LogP contribution is 2.48. The number of rotatable bonds is 3. The molecule has 0 spiro atoms. The minimum Gasteiger partial charge on any atom is -0.550 e. The Balaban J connectivity index is 1.50. The van der Waals surface area contributed by atoms with Crippen molar-refractivity contribution in [3.05, 3.63) is 54.1 Å². The lowest BCUT2D eigenvalue weighted by Gasteiger charge is -2.34. The van der Waals surface area contributed by atoms with Crippen LogP contribution in [-0.2, 0) is 9.59 Å². The van der Waals surface area contributed by atoms with Gasteiger partial charge in [0.1, 0.15) is 0 Å². The number of allylic oxidation sites excluding steroid dienone is 2. The minimum absolute atomic E-state index is 0.0237. The van der Waals surface area contributed by atoms with Crippen LogP contribution in [0.15, 0.2) is 48.6 Å². The molecule has 1 heterocycles. The lowest BCUT2D eigenvalue weighted by atomic mass is 9.82. The van der Waals surface area contributed by atoms with Crippen molar-refractivity contribution < 1.29 is 14.7 Å². The van der Waals surface area contributed by atoms with Crippen LogP contribution in [0.5, 0.6) is 0 Å². The summed E-state index contributed by atoms with van der Waals surface area (Å²) in [6.07, 6.45) is 7.63. The number of hydrogen-bond acceptors (Lipinski definition) is 3. The first-order chi connectivity index (χ1) is 11.6. The minimum atomic E-state index is -1.08. The standard InChI is InChI=1S/C20H21NO3/c22-19(17-15-6-7-16(12-15)18(17)20(23)24)21-10-8-14(9-11-21)13-4-2-1-3-5-13/h1-8,15-18H,9-12H2,(H,23,24)/p-1/t15-,16-,17+,18+/m1/s1. The van der Waals surface area contributed by atoms with Crippen molar-refractivity contribution in [1.29, 1.82) is 0 Å². The smallest absolute Gasteiger partial charge is 0.227 e. The Morgan fingerprint density at radius 2 is 1.75 bits per heavy atom. The van der Waals surface area contributed by atoms with E-state index in [9.17, 15) is 14.7 Å². The van der Waals surface area contributed by atoms with Gasteiger partial charge in [0.2, 0.25) is 5.91 Å². The second kappa shape index (κ2) is 5.93. The van der Waals surface area contributed by atoms with Crippen molar-refractivity contribution in [1.82, 2.24) is 4.90 Å². The van der Waals surface area contributed by atoms with E-state index in [1.807, 2.05) is 35.3 Å². The van der Waals surface area contributed by atoms with Gasteiger partial charge in [-0.15, -0.1) is 0 Å². The zero-order valence-corrected chi connectivity index (χ0v) is 13.4. The molecule has 1 aromatic rings. The Hall–Kier alpha value is -2.36. The van der Waals surface area contributed by atoms with Gasteiger partial charge < -0.3 is 14.8 Å². The van der Waals surface area contributed by atoms with Crippen molar-refractivity contribution in [3.8, 4) is 0 Å². The summed E-state index contributed by atoms with van der Waals surface area (Å²) in [5, 5.41) is 11.5. The SMILES string of the molecule is O=C([O-])[C@@H]1[C@@H](C(=O)N2CC=C(c3ccccc3)CC2)[C@@H]2C=C[C@@H]1C2. The van der Waals surface area contributed by atoms with Gasteiger partial charge in [-0.3, -0.25) is 4.79 Å². The summed E-state index contributed by atoms with van der Waals surface area (Å²) < 4.78 is 0. The van der Waals surface area contributed by atoms with Crippen molar-refractivity contribution >= 4 is 17.4 Å². The molecule has 0 N–H and O–H groups in total. The van der Waals surface area contributed by atoms with Crippen LogP contribution >= 0.6 is 0 Å². The predicted octanol–water partition coefficient (Wildman–Crippen LogP) is 1.49. The molecule has 3 aliphatic rings. The van der Waals surface area contributed by atoms with Gasteiger partial charge in [-0.1, -0.05) is 48.6 Å². The zero-order chi connectivity index (χ0) is 16.7. The molecule has 0 aromatic heterocycles. The maximum atomic E-state index is 12.9. The number of carbonyl (C=O) groups is 2. The molecule has 0 radical (unpaired) electrons. The lowest BCUT2D eigenvalue weighted by molar-refractivity contribution is -0.313. The molecule has 4 rings (SSSR count). The average Bonchev–Trinajstić information content (AvgIpc) is 3.23. The Kier molecular flexibility index (Phi) is 3.75. The predicted molar refractivity (Wildman–Crippen MR) is 88.3 cm³/mol. The quantitative estimate of drug-likeness (QED) is 0.792. The van der Waals surface area contributed by atoms with Gasteiger partial charge in [-0.25, -0.2) is 0 Å². The monoisotopic (exact) mass is 322 g/mol. The highest BCUT2D eigenvalue weighted by molar-refractivity contribution is 5.87. The third kappa shape index (κ3) is 2.46. The van der Waals surface area contributed by atoms with Crippen LogP contribution in [0.25, 0.3) is 5.57 Å². The molecule has 24 heavy (non-hydrogen) atoms. The van der Waals surface area contributed by atoms with Gasteiger partial charge in [0.25, 0.3) is 0 Å². The molecule has 0 unspecified atom stereocenters. The largest absolute Gasteiger partial charge is 0.550 e. The fraction of sp³-hybridized carbons (Fsp3) is 0.400. The van der Waals surface area contributed by atoms with Crippen molar-refractivity contribution in [2.75, 3.05) is 13.1 Å². The summed E-state index contributed by atoms with van der Waals surface area (Å²) in [6.45, 7) is 1.21. The normalized spacial score (nSPS) is 31.2. The maximum absolute atomic E-state index is 12.9. The fourth-order valence-electron chi connectivity index (χ4n) is 4.47. The number of fused-ring (bicyclic) bond motifs is 2. The summed E-state index contributed by atoms with van der Waals surface area (Å²) in [5.41, 5.74) is 2.45. The Morgan fingerprint density at radius 3 is 2.38 bits per heavy atom. The van der Waals surface area contributed by atoms with Crippen LogP contribution in [0, 0.1) is 23.7 Å². The molecule has 2 bridgehead atoms. The summed E-state index contributed by atoms with van der Waals surface area (Å²) in [6, 6.07) is 10.2. The summed E-state index contributed by atoms with van der Waals surface area (Å²) >= 11 is 0. The number of nitrogens with zero attached hydrogens (tertiary/aromatic N) is 1. The summed E-state index contributed by atoms with van der Waals surface area (Å²) in [4.78, 5) is 26.2. The first kappa shape index (κ1) is 15.2. The molecule has 1 fully saturated rings. The first-order valence-corrected chi connectivity index (χ1v) is 8.57. The second-order valence-electron chi connectivity index (χ2n) is 6.95. The molecular weight excluding hydrogens is 302 g/mol. The van der Waals surface area contributed by atoms with E-state index >= 15 is 0 Å². The summed E-state index contributed by atoms with van der Waals surface area (Å²) in [7, 11) is 0.